The third-order valence-electron chi connectivity index (χ3n) is 5.08. The molecule has 30 heavy (non-hydrogen) atoms. The number of imidazole rings is 1. The van der Waals surface area contributed by atoms with Gasteiger partial charge in [0.2, 0.25) is 0 Å². The predicted octanol–water partition coefficient (Wildman–Crippen LogP) is 6.09. The molecule has 1 heterocycles. The van der Waals surface area contributed by atoms with Gasteiger partial charge in [0.05, 0.1) is 22.3 Å². The number of aromatic nitrogens is 2. The molecule has 4 rings (SSSR count). The van der Waals surface area contributed by atoms with Crippen molar-refractivity contribution in [1.82, 2.24) is 9.55 Å². The Morgan fingerprint density at radius 3 is 2.50 bits per heavy atom. The Balaban J connectivity index is 1.63. The lowest BCUT2D eigenvalue weighted by atomic mass is 9.99. The summed E-state index contributed by atoms with van der Waals surface area (Å²) in [5.74, 6) is 2.21. The van der Waals surface area contributed by atoms with Crippen molar-refractivity contribution < 1.29 is 9.90 Å². The first-order valence-electron chi connectivity index (χ1n) is 10.1. The van der Waals surface area contributed by atoms with Crippen LogP contribution in [0.25, 0.3) is 22.2 Å². The van der Waals surface area contributed by atoms with Crippen LogP contribution in [0.2, 0.25) is 0 Å². The second kappa shape index (κ2) is 9.18. The standard InChI is InChI=1S/C25H24N2O2S/c1-2-15-30-17-24-26-22-9-5-6-10-23(22)27(24)16-18-11-13-19(14-12-18)20-7-3-4-8-21(20)25(28)29/h3-14H,2,15-17H2,1H3,(H,28,29). The minimum Gasteiger partial charge on any atom is -0.478 e. The monoisotopic (exact) mass is 416 g/mol. The summed E-state index contributed by atoms with van der Waals surface area (Å²) in [5.41, 5.74) is 5.30. The number of rotatable bonds is 8. The normalized spacial score (nSPS) is 11.1. The van der Waals surface area contributed by atoms with Gasteiger partial charge < -0.3 is 9.67 Å². The van der Waals surface area contributed by atoms with Crippen molar-refractivity contribution in [3.8, 4) is 11.1 Å². The van der Waals surface area contributed by atoms with Crippen LogP contribution >= 0.6 is 11.8 Å². The maximum atomic E-state index is 11.5. The summed E-state index contributed by atoms with van der Waals surface area (Å²) in [5, 5.41) is 9.46. The van der Waals surface area contributed by atoms with E-state index in [0.717, 1.165) is 58.0 Å². The van der Waals surface area contributed by atoms with E-state index in [1.54, 1.807) is 12.1 Å². The molecule has 0 atom stereocenters. The van der Waals surface area contributed by atoms with Crippen molar-refractivity contribution in [3.05, 3.63) is 89.7 Å². The van der Waals surface area contributed by atoms with Crippen LogP contribution in [-0.4, -0.2) is 26.4 Å². The summed E-state index contributed by atoms with van der Waals surface area (Å²) in [6.45, 7) is 2.93. The van der Waals surface area contributed by atoms with Crippen molar-refractivity contribution in [3.63, 3.8) is 0 Å². The lowest BCUT2D eigenvalue weighted by molar-refractivity contribution is 0.0697. The van der Waals surface area contributed by atoms with Gasteiger partial charge in [0.15, 0.2) is 0 Å². The Labute approximate surface area is 180 Å². The number of hydrogen-bond acceptors (Lipinski definition) is 3. The molecule has 0 aliphatic rings. The molecular formula is C25H24N2O2S. The summed E-state index contributed by atoms with van der Waals surface area (Å²) >= 11 is 1.91. The van der Waals surface area contributed by atoms with E-state index in [4.69, 9.17) is 4.98 Å². The molecule has 0 aliphatic carbocycles. The lowest BCUT2D eigenvalue weighted by Crippen LogP contribution is -2.05. The fourth-order valence-electron chi connectivity index (χ4n) is 3.61. The first-order chi connectivity index (χ1) is 14.7. The van der Waals surface area contributed by atoms with Gasteiger partial charge in [-0.05, 0) is 47.1 Å². The molecule has 4 aromatic rings. The van der Waals surface area contributed by atoms with Gasteiger partial charge in [0.1, 0.15) is 5.82 Å². The average Bonchev–Trinajstić information content (AvgIpc) is 3.12. The molecular weight excluding hydrogens is 392 g/mol. The van der Waals surface area contributed by atoms with Gasteiger partial charge >= 0.3 is 5.97 Å². The Kier molecular flexibility index (Phi) is 6.19. The topological polar surface area (TPSA) is 55.1 Å². The van der Waals surface area contributed by atoms with Crippen LogP contribution in [0.3, 0.4) is 0 Å². The van der Waals surface area contributed by atoms with E-state index >= 15 is 0 Å². The first-order valence-corrected chi connectivity index (χ1v) is 11.3. The highest BCUT2D eigenvalue weighted by Crippen LogP contribution is 2.26. The van der Waals surface area contributed by atoms with Crippen LogP contribution in [0.5, 0.6) is 0 Å². The molecule has 1 N–H and O–H groups in total. The van der Waals surface area contributed by atoms with Crippen molar-refractivity contribution in [1.29, 1.82) is 0 Å². The fraction of sp³-hybridized carbons (Fsp3) is 0.200. The van der Waals surface area contributed by atoms with Gasteiger partial charge in [-0.25, -0.2) is 9.78 Å². The zero-order valence-electron chi connectivity index (χ0n) is 16.9. The molecule has 3 aromatic carbocycles. The van der Waals surface area contributed by atoms with Crippen molar-refractivity contribution in [2.75, 3.05) is 5.75 Å². The molecule has 0 radical (unpaired) electrons. The largest absolute Gasteiger partial charge is 0.478 e. The van der Waals surface area contributed by atoms with E-state index in [1.165, 1.54) is 0 Å². The molecule has 0 spiro atoms. The Morgan fingerprint density at radius 1 is 1.00 bits per heavy atom. The molecule has 0 saturated heterocycles. The minimum atomic E-state index is -0.909. The molecule has 0 bridgehead atoms. The molecule has 5 heteroatoms. The smallest absolute Gasteiger partial charge is 0.336 e. The highest BCUT2D eigenvalue weighted by Gasteiger charge is 2.13. The van der Waals surface area contributed by atoms with E-state index < -0.39 is 5.97 Å². The van der Waals surface area contributed by atoms with Crippen molar-refractivity contribution in [2.45, 2.75) is 25.6 Å². The SMILES string of the molecule is CCCSCc1nc2ccccc2n1Cc1ccc(-c2ccccc2C(=O)O)cc1. The van der Waals surface area contributed by atoms with E-state index in [0.29, 0.717) is 5.56 Å². The second-order valence-corrected chi connectivity index (χ2v) is 8.31. The van der Waals surface area contributed by atoms with E-state index in [2.05, 4.69) is 41.8 Å². The van der Waals surface area contributed by atoms with Gasteiger partial charge in [0.25, 0.3) is 0 Å². The van der Waals surface area contributed by atoms with E-state index in [9.17, 15) is 9.90 Å². The van der Waals surface area contributed by atoms with Gasteiger partial charge in [-0.15, -0.1) is 0 Å². The Bertz CT molecular complexity index is 1170. The summed E-state index contributed by atoms with van der Waals surface area (Å²) in [6.07, 6.45) is 1.16. The van der Waals surface area contributed by atoms with Crippen LogP contribution in [-0.2, 0) is 12.3 Å². The maximum absolute atomic E-state index is 11.5. The molecule has 1 aromatic heterocycles. The highest BCUT2D eigenvalue weighted by atomic mass is 32.2. The first kappa shape index (κ1) is 20.2. The molecule has 0 unspecified atom stereocenters. The van der Waals surface area contributed by atoms with Crippen LogP contribution < -0.4 is 0 Å². The molecule has 0 saturated carbocycles. The Morgan fingerprint density at radius 2 is 1.73 bits per heavy atom. The minimum absolute atomic E-state index is 0.320. The highest BCUT2D eigenvalue weighted by molar-refractivity contribution is 7.98. The number of benzene rings is 3. The third kappa shape index (κ3) is 4.26. The number of fused-ring (bicyclic) bond motifs is 1. The lowest BCUT2D eigenvalue weighted by Gasteiger charge is -2.11. The predicted molar refractivity (Wildman–Crippen MR) is 124 cm³/mol. The number of nitrogens with zero attached hydrogens (tertiary/aromatic N) is 2. The van der Waals surface area contributed by atoms with Gasteiger partial charge in [-0.2, -0.15) is 11.8 Å². The summed E-state index contributed by atoms with van der Waals surface area (Å²) in [7, 11) is 0. The van der Waals surface area contributed by atoms with Crippen LogP contribution in [0.4, 0.5) is 0 Å². The average molecular weight is 417 g/mol. The number of para-hydroxylation sites is 2. The second-order valence-electron chi connectivity index (χ2n) is 7.20. The van der Waals surface area contributed by atoms with Crippen molar-refractivity contribution in [2.24, 2.45) is 0 Å². The number of hydrogen-bond donors (Lipinski definition) is 1. The molecule has 4 nitrogen and oxygen atoms in total. The zero-order chi connectivity index (χ0) is 20.9. The summed E-state index contributed by atoms with van der Waals surface area (Å²) in [4.78, 5) is 16.4. The number of aromatic carboxylic acids is 1. The zero-order valence-corrected chi connectivity index (χ0v) is 17.7. The molecule has 0 fully saturated rings. The number of carboxylic acid groups (broad SMARTS) is 1. The Hall–Kier alpha value is -3.05. The van der Waals surface area contributed by atoms with Crippen LogP contribution in [0, 0.1) is 0 Å². The fourth-order valence-corrected chi connectivity index (χ4v) is 4.45. The van der Waals surface area contributed by atoms with E-state index in [1.807, 2.05) is 42.1 Å². The van der Waals surface area contributed by atoms with Crippen LogP contribution in [0.15, 0.2) is 72.8 Å². The molecule has 0 amide bonds. The summed E-state index contributed by atoms with van der Waals surface area (Å²) in [6, 6.07) is 23.5. The van der Waals surface area contributed by atoms with Gasteiger partial charge in [-0.1, -0.05) is 61.5 Å². The number of carbonyl (C=O) groups is 1. The van der Waals surface area contributed by atoms with Gasteiger partial charge in [0, 0.05) is 6.54 Å². The number of thioether (sulfide) groups is 1. The quantitative estimate of drug-likeness (QED) is 0.353. The number of carboxylic acids is 1. The molecule has 0 aliphatic heterocycles. The van der Waals surface area contributed by atoms with E-state index in [-0.39, 0.29) is 0 Å². The van der Waals surface area contributed by atoms with Crippen LogP contribution in [0.1, 0.15) is 35.1 Å². The third-order valence-corrected chi connectivity index (χ3v) is 6.24. The molecule has 152 valence electrons. The van der Waals surface area contributed by atoms with Crippen molar-refractivity contribution >= 4 is 28.8 Å². The summed E-state index contributed by atoms with van der Waals surface area (Å²) < 4.78 is 2.29. The maximum Gasteiger partial charge on any atom is 0.336 e. The van der Waals surface area contributed by atoms with Gasteiger partial charge in [-0.3, -0.25) is 0 Å².